The van der Waals surface area contributed by atoms with E-state index < -0.39 is 0 Å². The number of rotatable bonds is 8. The van der Waals surface area contributed by atoms with Crippen molar-refractivity contribution in [1.29, 1.82) is 0 Å². The molecule has 3 nitrogen and oxygen atoms in total. The average molecular weight is 343 g/mol. The van der Waals surface area contributed by atoms with Gasteiger partial charge in [0.2, 0.25) is 0 Å². The molecule has 4 heteroatoms. The van der Waals surface area contributed by atoms with Crippen LogP contribution in [0.4, 0.5) is 5.69 Å². The lowest BCUT2D eigenvalue weighted by atomic mass is 10.0. The van der Waals surface area contributed by atoms with E-state index >= 15 is 0 Å². The fraction of sp³-hybridized carbons (Fsp3) is 0.625. The van der Waals surface area contributed by atoms with E-state index in [4.69, 9.17) is 0 Å². The van der Waals surface area contributed by atoms with Crippen molar-refractivity contribution in [3.63, 3.8) is 0 Å². The minimum atomic E-state index is 0.177. The standard InChI is InChI=1S/C16H27BrN2O/c1-5-14(6-2)19(9-10-20)16-11-13(17)7-8-15(16)12(3)18-4/h7-8,11-12,14,18,20H,5-6,9-10H2,1-4H3. The Bertz CT molecular complexity index is 407. The fourth-order valence-corrected chi connectivity index (χ4v) is 2.97. The highest BCUT2D eigenvalue weighted by Gasteiger charge is 2.20. The molecular weight excluding hydrogens is 316 g/mol. The molecule has 1 aromatic rings. The first-order chi connectivity index (χ1) is 9.58. The molecule has 1 unspecified atom stereocenters. The Balaban J connectivity index is 3.26. The van der Waals surface area contributed by atoms with Crippen LogP contribution >= 0.6 is 15.9 Å². The van der Waals surface area contributed by atoms with Crippen molar-refractivity contribution in [1.82, 2.24) is 5.32 Å². The Labute approximate surface area is 131 Å². The quantitative estimate of drug-likeness (QED) is 0.755. The number of aliphatic hydroxyl groups excluding tert-OH is 1. The molecule has 2 N–H and O–H groups in total. The second-order valence-electron chi connectivity index (χ2n) is 5.10. The maximum Gasteiger partial charge on any atom is 0.0606 e. The van der Waals surface area contributed by atoms with Crippen molar-refractivity contribution < 1.29 is 5.11 Å². The van der Waals surface area contributed by atoms with Crippen molar-refractivity contribution in [2.24, 2.45) is 0 Å². The number of nitrogens with zero attached hydrogens (tertiary/aromatic N) is 1. The molecular formula is C16H27BrN2O. The fourth-order valence-electron chi connectivity index (χ4n) is 2.62. The molecule has 0 heterocycles. The summed E-state index contributed by atoms with van der Waals surface area (Å²) in [6.45, 7) is 7.43. The summed E-state index contributed by atoms with van der Waals surface area (Å²) in [6, 6.07) is 7.15. The molecule has 0 aliphatic carbocycles. The van der Waals surface area contributed by atoms with E-state index in [1.165, 1.54) is 11.3 Å². The molecule has 0 spiro atoms. The molecule has 0 bridgehead atoms. The van der Waals surface area contributed by atoms with E-state index in [0.717, 1.165) is 17.3 Å². The minimum absolute atomic E-state index is 0.177. The Morgan fingerprint density at radius 2 is 1.95 bits per heavy atom. The van der Waals surface area contributed by atoms with Crippen LogP contribution in [0.2, 0.25) is 0 Å². The van der Waals surface area contributed by atoms with Gasteiger partial charge in [-0.25, -0.2) is 0 Å². The van der Waals surface area contributed by atoms with Gasteiger partial charge in [0.15, 0.2) is 0 Å². The highest BCUT2D eigenvalue weighted by atomic mass is 79.9. The summed E-state index contributed by atoms with van der Waals surface area (Å²) in [6.07, 6.45) is 2.16. The summed E-state index contributed by atoms with van der Waals surface area (Å²) >= 11 is 3.57. The Kier molecular flexibility index (Phi) is 7.56. The summed E-state index contributed by atoms with van der Waals surface area (Å²) in [4.78, 5) is 2.34. The van der Waals surface area contributed by atoms with Crippen LogP contribution < -0.4 is 10.2 Å². The Morgan fingerprint density at radius 1 is 1.30 bits per heavy atom. The van der Waals surface area contributed by atoms with Crippen LogP contribution in [0.15, 0.2) is 22.7 Å². The minimum Gasteiger partial charge on any atom is -0.395 e. The molecule has 0 saturated heterocycles. The Morgan fingerprint density at radius 3 is 2.45 bits per heavy atom. The molecule has 0 fully saturated rings. The van der Waals surface area contributed by atoms with Gasteiger partial charge in [-0.2, -0.15) is 0 Å². The van der Waals surface area contributed by atoms with Crippen LogP contribution in [0.25, 0.3) is 0 Å². The molecule has 0 amide bonds. The second-order valence-corrected chi connectivity index (χ2v) is 6.02. The van der Waals surface area contributed by atoms with E-state index in [2.05, 4.69) is 65.1 Å². The van der Waals surface area contributed by atoms with Gasteiger partial charge >= 0.3 is 0 Å². The number of hydrogen-bond donors (Lipinski definition) is 2. The van der Waals surface area contributed by atoms with Gasteiger partial charge in [-0.1, -0.05) is 35.8 Å². The lowest BCUT2D eigenvalue weighted by Crippen LogP contribution is -2.38. The van der Waals surface area contributed by atoms with Gasteiger partial charge in [0, 0.05) is 28.8 Å². The normalized spacial score (nSPS) is 12.8. The van der Waals surface area contributed by atoms with Crippen LogP contribution in [0.3, 0.4) is 0 Å². The molecule has 20 heavy (non-hydrogen) atoms. The zero-order valence-corrected chi connectivity index (χ0v) is 14.6. The number of anilines is 1. The highest BCUT2D eigenvalue weighted by molar-refractivity contribution is 9.10. The van der Waals surface area contributed by atoms with Gasteiger partial charge in [0.1, 0.15) is 0 Å². The smallest absolute Gasteiger partial charge is 0.0606 e. The molecule has 1 atom stereocenters. The predicted molar refractivity (Wildman–Crippen MR) is 90.4 cm³/mol. The topological polar surface area (TPSA) is 35.5 Å². The summed E-state index contributed by atoms with van der Waals surface area (Å²) in [7, 11) is 1.98. The maximum atomic E-state index is 9.42. The second kappa shape index (κ2) is 8.65. The number of nitrogens with one attached hydrogen (secondary N) is 1. The lowest BCUT2D eigenvalue weighted by molar-refractivity contribution is 0.295. The van der Waals surface area contributed by atoms with E-state index in [-0.39, 0.29) is 12.6 Å². The van der Waals surface area contributed by atoms with Crippen molar-refractivity contribution in [2.75, 3.05) is 25.1 Å². The monoisotopic (exact) mass is 342 g/mol. The van der Waals surface area contributed by atoms with Gasteiger partial charge in [-0.05, 0) is 44.5 Å². The molecule has 0 aliphatic rings. The Hall–Kier alpha value is -0.580. The van der Waals surface area contributed by atoms with Crippen molar-refractivity contribution in [3.05, 3.63) is 28.2 Å². The van der Waals surface area contributed by atoms with E-state index in [0.29, 0.717) is 12.6 Å². The van der Waals surface area contributed by atoms with Gasteiger partial charge in [0.05, 0.1) is 6.61 Å². The van der Waals surface area contributed by atoms with Crippen LogP contribution in [0.1, 0.15) is 45.2 Å². The number of benzene rings is 1. The molecule has 0 radical (unpaired) electrons. The molecule has 1 aromatic carbocycles. The molecule has 114 valence electrons. The average Bonchev–Trinajstić information content (AvgIpc) is 2.46. The van der Waals surface area contributed by atoms with Crippen LogP contribution in [-0.2, 0) is 0 Å². The zero-order valence-electron chi connectivity index (χ0n) is 13.0. The third-order valence-corrected chi connectivity index (χ3v) is 4.42. The van der Waals surface area contributed by atoms with Crippen LogP contribution in [0, 0.1) is 0 Å². The summed E-state index contributed by atoms with van der Waals surface area (Å²) in [5, 5.41) is 12.7. The largest absolute Gasteiger partial charge is 0.395 e. The summed E-state index contributed by atoms with van der Waals surface area (Å²) < 4.78 is 1.08. The van der Waals surface area contributed by atoms with Crippen LogP contribution in [0.5, 0.6) is 0 Å². The number of aliphatic hydroxyl groups is 1. The molecule has 1 rings (SSSR count). The van der Waals surface area contributed by atoms with E-state index in [9.17, 15) is 5.11 Å². The lowest BCUT2D eigenvalue weighted by Gasteiger charge is -2.35. The van der Waals surface area contributed by atoms with Crippen molar-refractivity contribution >= 4 is 21.6 Å². The summed E-state index contributed by atoms with van der Waals surface area (Å²) in [5.41, 5.74) is 2.49. The first kappa shape index (κ1) is 17.5. The van der Waals surface area contributed by atoms with Gasteiger partial charge in [0.25, 0.3) is 0 Å². The van der Waals surface area contributed by atoms with Crippen molar-refractivity contribution in [3.8, 4) is 0 Å². The van der Waals surface area contributed by atoms with Gasteiger partial charge in [-0.15, -0.1) is 0 Å². The predicted octanol–water partition coefficient (Wildman–Crippen LogP) is 3.72. The number of halogens is 1. The van der Waals surface area contributed by atoms with E-state index in [1.54, 1.807) is 0 Å². The van der Waals surface area contributed by atoms with Gasteiger partial charge < -0.3 is 15.3 Å². The first-order valence-electron chi connectivity index (χ1n) is 7.43. The third kappa shape index (κ3) is 4.21. The zero-order chi connectivity index (χ0) is 15.1. The molecule has 0 aromatic heterocycles. The SMILES string of the molecule is CCC(CC)N(CCO)c1cc(Br)ccc1C(C)NC. The molecule has 0 aliphatic heterocycles. The third-order valence-electron chi connectivity index (χ3n) is 3.93. The van der Waals surface area contributed by atoms with Crippen LogP contribution in [-0.4, -0.2) is 31.3 Å². The first-order valence-corrected chi connectivity index (χ1v) is 8.22. The molecule has 0 saturated carbocycles. The van der Waals surface area contributed by atoms with Gasteiger partial charge in [-0.3, -0.25) is 0 Å². The van der Waals surface area contributed by atoms with E-state index in [1.807, 2.05) is 7.05 Å². The highest BCUT2D eigenvalue weighted by Crippen LogP contribution is 2.32. The van der Waals surface area contributed by atoms with Crippen molar-refractivity contribution in [2.45, 2.75) is 45.7 Å². The summed E-state index contributed by atoms with van der Waals surface area (Å²) in [5.74, 6) is 0. The maximum absolute atomic E-state index is 9.42. The number of hydrogen-bond acceptors (Lipinski definition) is 3.